The van der Waals surface area contributed by atoms with Gasteiger partial charge in [0.05, 0.1) is 36.8 Å². The Bertz CT molecular complexity index is 1540. The van der Waals surface area contributed by atoms with E-state index in [4.69, 9.17) is 25.2 Å². The standard InChI is InChI=1S/C27H26N8O/c1-16(2)35-15-30-24-25(32-23-18(4)11-20(10-17(3)13-28)12-22(23)36-5)33-27(34-26(24)35)31-21-8-6-19(14-29)7-9-21/h6-12,15-16H,1-5H3,(H2,31,32,33,34)/b17-10+. The van der Waals surface area contributed by atoms with Gasteiger partial charge >= 0.3 is 0 Å². The van der Waals surface area contributed by atoms with Crippen molar-refractivity contribution in [1.82, 2.24) is 19.5 Å². The van der Waals surface area contributed by atoms with Crippen molar-refractivity contribution in [3.63, 3.8) is 0 Å². The molecule has 2 heterocycles. The summed E-state index contributed by atoms with van der Waals surface area (Å²) in [5.74, 6) is 1.52. The van der Waals surface area contributed by atoms with E-state index in [0.717, 1.165) is 22.5 Å². The van der Waals surface area contributed by atoms with Crippen LogP contribution in [0.15, 0.2) is 48.3 Å². The molecule has 0 saturated carbocycles. The number of nitrogens with one attached hydrogen (secondary N) is 2. The number of aryl methyl sites for hydroxylation is 1. The Morgan fingerprint density at radius 2 is 1.86 bits per heavy atom. The van der Waals surface area contributed by atoms with Crippen molar-refractivity contribution < 1.29 is 4.74 Å². The van der Waals surface area contributed by atoms with Crippen LogP contribution in [0.2, 0.25) is 0 Å². The van der Waals surface area contributed by atoms with Crippen molar-refractivity contribution in [3.05, 3.63) is 65.0 Å². The maximum absolute atomic E-state index is 9.14. The molecule has 0 saturated heterocycles. The molecule has 36 heavy (non-hydrogen) atoms. The SMILES string of the molecule is COc1cc(/C=C(\C)C#N)cc(C)c1Nc1nc(Nc2ccc(C#N)cc2)nc2c1ncn2C(C)C. The molecule has 0 fully saturated rings. The second-order valence-corrected chi connectivity index (χ2v) is 8.61. The summed E-state index contributed by atoms with van der Waals surface area (Å²) in [6.45, 7) is 7.85. The Morgan fingerprint density at radius 1 is 1.11 bits per heavy atom. The molecular weight excluding hydrogens is 452 g/mol. The first-order valence-corrected chi connectivity index (χ1v) is 11.4. The second kappa shape index (κ2) is 10.2. The Labute approximate surface area is 209 Å². The summed E-state index contributed by atoms with van der Waals surface area (Å²) in [5, 5.41) is 24.8. The summed E-state index contributed by atoms with van der Waals surface area (Å²) >= 11 is 0. The molecule has 2 aromatic carbocycles. The number of nitriles is 2. The number of aromatic nitrogens is 4. The summed E-state index contributed by atoms with van der Waals surface area (Å²) in [5.41, 5.74) is 5.77. The summed E-state index contributed by atoms with van der Waals surface area (Å²) in [6, 6.07) is 15.3. The van der Waals surface area contributed by atoms with Crippen molar-refractivity contribution in [2.45, 2.75) is 33.7 Å². The van der Waals surface area contributed by atoms with E-state index in [2.05, 4.69) is 41.6 Å². The molecule has 0 aliphatic carbocycles. The molecule has 4 rings (SSSR count). The minimum absolute atomic E-state index is 0.145. The molecule has 0 atom stereocenters. The molecule has 0 spiro atoms. The van der Waals surface area contributed by atoms with Crippen LogP contribution in [-0.4, -0.2) is 26.6 Å². The van der Waals surface area contributed by atoms with Gasteiger partial charge in [0, 0.05) is 17.3 Å². The van der Waals surface area contributed by atoms with Crippen molar-refractivity contribution in [2.24, 2.45) is 0 Å². The molecule has 0 aliphatic rings. The first-order valence-electron chi connectivity index (χ1n) is 11.4. The second-order valence-electron chi connectivity index (χ2n) is 8.61. The number of ether oxygens (including phenoxy) is 1. The van der Waals surface area contributed by atoms with Gasteiger partial charge in [-0.1, -0.05) is 0 Å². The van der Waals surface area contributed by atoms with Crippen LogP contribution < -0.4 is 15.4 Å². The Kier molecular flexibility index (Phi) is 6.84. The van der Waals surface area contributed by atoms with Crippen LogP contribution in [0, 0.1) is 29.6 Å². The fourth-order valence-electron chi connectivity index (χ4n) is 3.78. The zero-order valence-electron chi connectivity index (χ0n) is 20.8. The van der Waals surface area contributed by atoms with Gasteiger partial charge < -0.3 is 19.9 Å². The average Bonchev–Trinajstić information content (AvgIpc) is 3.30. The van der Waals surface area contributed by atoms with Crippen LogP contribution in [0.3, 0.4) is 0 Å². The maximum atomic E-state index is 9.14. The molecule has 0 bridgehead atoms. The fraction of sp³-hybridized carbons (Fsp3) is 0.222. The zero-order chi connectivity index (χ0) is 25.8. The number of allylic oxidation sites excluding steroid dienone is 1. The predicted octanol–water partition coefficient (Wildman–Crippen LogP) is 6.01. The third-order valence-electron chi connectivity index (χ3n) is 5.59. The zero-order valence-corrected chi connectivity index (χ0v) is 20.8. The highest BCUT2D eigenvalue weighted by Gasteiger charge is 2.18. The van der Waals surface area contributed by atoms with Crippen molar-refractivity contribution in [2.75, 3.05) is 17.7 Å². The van der Waals surface area contributed by atoms with E-state index in [9.17, 15) is 0 Å². The van der Waals surface area contributed by atoms with Crippen LogP contribution in [0.4, 0.5) is 23.1 Å². The van der Waals surface area contributed by atoms with Gasteiger partial charge in [-0.25, -0.2) is 4.98 Å². The first kappa shape index (κ1) is 24.2. The summed E-state index contributed by atoms with van der Waals surface area (Å²) in [7, 11) is 1.60. The Hall–Kier alpha value is -4.89. The number of hydrogen-bond acceptors (Lipinski definition) is 8. The summed E-state index contributed by atoms with van der Waals surface area (Å²) in [6.07, 6.45) is 3.56. The summed E-state index contributed by atoms with van der Waals surface area (Å²) < 4.78 is 7.65. The normalized spacial score (nSPS) is 11.3. The van der Waals surface area contributed by atoms with Crippen LogP contribution in [-0.2, 0) is 0 Å². The Morgan fingerprint density at radius 3 is 2.50 bits per heavy atom. The minimum Gasteiger partial charge on any atom is -0.495 e. The number of methoxy groups -OCH3 is 1. The number of anilines is 4. The van der Waals surface area contributed by atoms with Gasteiger partial charge in [-0.3, -0.25) is 0 Å². The number of hydrogen-bond donors (Lipinski definition) is 2. The van der Waals surface area contributed by atoms with E-state index in [1.54, 1.807) is 32.5 Å². The summed E-state index contributed by atoms with van der Waals surface area (Å²) in [4.78, 5) is 14.0. The molecule has 9 heteroatoms. The van der Waals surface area contributed by atoms with Gasteiger partial charge in [-0.15, -0.1) is 0 Å². The van der Waals surface area contributed by atoms with Crippen molar-refractivity contribution in [1.29, 1.82) is 10.5 Å². The van der Waals surface area contributed by atoms with E-state index in [-0.39, 0.29) is 6.04 Å². The maximum Gasteiger partial charge on any atom is 0.231 e. The lowest BCUT2D eigenvalue weighted by Crippen LogP contribution is -2.06. The molecule has 9 nitrogen and oxygen atoms in total. The lowest BCUT2D eigenvalue weighted by Gasteiger charge is -2.16. The van der Waals surface area contributed by atoms with Gasteiger partial charge in [-0.2, -0.15) is 20.5 Å². The molecule has 2 aromatic heterocycles. The van der Waals surface area contributed by atoms with Crippen LogP contribution >= 0.6 is 0 Å². The lowest BCUT2D eigenvalue weighted by molar-refractivity contribution is 0.416. The predicted molar refractivity (Wildman–Crippen MR) is 140 cm³/mol. The largest absolute Gasteiger partial charge is 0.495 e. The first-order chi connectivity index (χ1) is 17.3. The highest BCUT2D eigenvalue weighted by atomic mass is 16.5. The highest BCUT2D eigenvalue weighted by Crippen LogP contribution is 2.35. The molecular formula is C27H26N8O. The molecule has 0 radical (unpaired) electrons. The van der Waals surface area contributed by atoms with Crippen LogP contribution in [0.1, 0.15) is 43.5 Å². The van der Waals surface area contributed by atoms with E-state index in [0.29, 0.717) is 39.8 Å². The number of benzene rings is 2. The van der Waals surface area contributed by atoms with E-state index < -0.39 is 0 Å². The molecule has 4 aromatic rings. The van der Waals surface area contributed by atoms with Crippen molar-refractivity contribution in [3.8, 4) is 17.9 Å². The van der Waals surface area contributed by atoms with Gasteiger partial charge in [0.1, 0.15) is 5.75 Å². The topological polar surface area (TPSA) is 124 Å². The number of nitrogens with zero attached hydrogens (tertiary/aromatic N) is 6. The molecule has 0 aliphatic heterocycles. The average molecular weight is 479 g/mol. The molecule has 180 valence electrons. The fourth-order valence-corrected chi connectivity index (χ4v) is 3.78. The Balaban J connectivity index is 1.80. The third kappa shape index (κ3) is 4.96. The van der Waals surface area contributed by atoms with Gasteiger partial charge in [0.2, 0.25) is 5.95 Å². The van der Waals surface area contributed by atoms with Gasteiger partial charge in [0.15, 0.2) is 17.0 Å². The van der Waals surface area contributed by atoms with E-state index >= 15 is 0 Å². The van der Waals surface area contributed by atoms with E-state index in [1.165, 1.54) is 0 Å². The van der Waals surface area contributed by atoms with E-state index in [1.807, 2.05) is 41.8 Å². The van der Waals surface area contributed by atoms with Crippen molar-refractivity contribution >= 4 is 40.4 Å². The molecule has 0 unspecified atom stereocenters. The van der Waals surface area contributed by atoms with Crippen LogP contribution in [0.5, 0.6) is 5.75 Å². The molecule has 0 amide bonds. The lowest BCUT2D eigenvalue weighted by atomic mass is 10.1. The molecule has 2 N–H and O–H groups in total. The smallest absolute Gasteiger partial charge is 0.231 e. The highest BCUT2D eigenvalue weighted by molar-refractivity contribution is 5.88. The number of imidazole rings is 1. The third-order valence-corrected chi connectivity index (χ3v) is 5.59. The number of fused-ring (bicyclic) bond motifs is 1. The minimum atomic E-state index is 0.145. The quantitative estimate of drug-likeness (QED) is 0.309. The number of rotatable bonds is 7. The van der Waals surface area contributed by atoms with Gasteiger partial charge in [0.25, 0.3) is 0 Å². The monoisotopic (exact) mass is 478 g/mol. The van der Waals surface area contributed by atoms with Crippen LogP contribution in [0.25, 0.3) is 17.2 Å². The van der Waals surface area contributed by atoms with Gasteiger partial charge in [-0.05, 0) is 81.3 Å².